The summed E-state index contributed by atoms with van der Waals surface area (Å²) in [5.41, 5.74) is 11.1. The van der Waals surface area contributed by atoms with E-state index in [2.05, 4.69) is 9.97 Å². The molecule has 0 amide bonds. The van der Waals surface area contributed by atoms with E-state index in [1.54, 1.807) is 12.3 Å². The zero-order valence-electron chi connectivity index (χ0n) is 16.6. The third-order valence-corrected chi connectivity index (χ3v) is 5.80. The number of nitrogen functional groups attached to an aromatic ring is 1. The first-order valence-corrected chi connectivity index (χ1v) is 11.5. The van der Waals surface area contributed by atoms with Crippen molar-refractivity contribution in [3.05, 3.63) is 71.0 Å². The Morgan fingerprint density at radius 2 is 1.97 bits per heavy atom. The summed E-state index contributed by atoms with van der Waals surface area (Å²) >= 11 is 0. The van der Waals surface area contributed by atoms with Gasteiger partial charge in [-0.3, -0.25) is 8.98 Å². The van der Waals surface area contributed by atoms with Gasteiger partial charge < -0.3 is 10.7 Å². The molecule has 156 valence electrons. The Morgan fingerprint density at radius 3 is 2.67 bits per heavy atom. The van der Waals surface area contributed by atoms with Gasteiger partial charge in [0, 0.05) is 35.9 Å². The molecule has 30 heavy (non-hydrogen) atoms. The van der Waals surface area contributed by atoms with Crippen LogP contribution in [0.2, 0.25) is 0 Å². The number of anilines is 1. The number of pyridine rings is 1. The highest BCUT2D eigenvalue weighted by Gasteiger charge is 2.32. The summed E-state index contributed by atoms with van der Waals surface area (Å²) in [6.07, 6.45) is 4.04. The maximum atomic E-state index is 13.1. The third kappa shape index (κ3) is 4.44. The first kappa shape index (κ1) is 20.3. The van der Waals surface area contributed by atoms with E-state index in [0.717, 1.165) is 34.3 Å². The number of aromatic nitrogens is 2. The number of hydrogen-bond acceptors (Lipinski definition) is 6. The van der Waals surface area contributed by atoms with E-state index in [1.165, 1.54) is 0 Å². The van der Waals surface area contributed by atoms with Crippen LogP contribution in [0.4, 0.5) is 5.82 Å². The van der Waals surface area contributed by atoms with Gasteiger partial charge in [0.1, 0.15) is 5.82 Å². The summed E-state index contributed by atoms with van der Waals surface area (Å²) in [7, 11) is -3.55. The number of nitrogens with zero attached hydrogens (tertiary/aromatic N) is 1. The van der Waals surface area contributed by atoms with E-state index in [0.29, 0.717) is 24.2 Å². The van der Waals surface area contributed by atoms with E-state index in [4.69, 9.17) is 9.92 Å². The van der Waals surface area contributed by atoms with Crippen LogP contribution in [0.15, 0.2) is 48.7 Å². The van der Waals surface area contributed by atoms with E-state index in [-0.39, 0.29) is 24.7 Å². The number of benzene rings is 1. The number of aromatic amines is 1. The number of ketones is 1. The number of rotatable bonds is 6. The van der Waals surface area contributed by atoms with Crippen molar-refractivity contribution in [1.29, 1.82) is 0 Å². The molecule has 1 aliphatic carbocycles. The molecule has 3 aromatic rings. The number of nitrogens with one attached hydrogen (secondary N) is 1. The molecule has 0 saturated heterocycles. The number of nitrogens with two attached hydrogens (primary N) is 1. The Hall–Kier alpha value is -2.97. The molecule has 4 rings (SSSR count). The molecule has 1 aliphatic rings. The fraction of sp³-hybridized carbons (Fsp3) is 0.273. The zero-order valence-corrected chi connectivity index (χ0v) is 17.4. The average molecular weight is 426 g/mol. The van der Waals surface area contributed by atoms with Gasteiger partial charge in [0.05, 0.1) is 18.6 Å². The number of carbonyl (C=O) groups excluding carboxylic acids is 1. The summed E-state index contributed by atoms with van der Waals surface area (Å²) in [6, 6.07) is 13.6. The molecule has 2 heterocycles. The number of hydrogen-bond donors (Lipinski definition) is 2. The summed E-state index contributed by atoms with van der Waals surface area (Å²) in [5.74, 6) is 0.198. The molecule has 0 saturated carbocycles. The largest absolute Gasteiger partial charge is 0.384 e. The molecule has 0 radical (unpaired) electrons. The smallest absolute Gasteiger partial charge is 0.264 e. The lowest BCUT2D eigenvalue weighted by Gasteiger charge is -2.21. The summed E-state index contributed by atoms with van der Waals surface area (Å²) in [4.78, 5) is 20.6. The van der Waals surface area contributed by atoms with Gasteiger partial charge in [0.15, 0.2) is 5.78 Å². The first-order chi connectivity index (χ1) is 14.3. The van der Waals surface area contributed by atoms with E-state index < -0.39 is 10.1 Å². The molecule has 0 aliphatic heterocycles. The lowest BCUT2D eigenvalue weighted by atomic mass is 9.84. The van der Waals surface area contributed by atoms with Crippen LogP contribution in [0.5, 0.6) is 0 Å². The minimum Gasteiger partial charge on any atom is -0.384 e. The van der Waals surface area contributed by atoms with Crippen LogP contribution < -0.4 is 5.73 Å². The summed E-state index contributed by atoms with van der Waals surface area (Å²) in [5, 5.41) is 0. The van der Waals surface area contributed by atoms with Crippen LogP contribution in [-0.4, -0.2) is 37.0 Å². The minimum atomic E-state index is -3.55. The zero-order chi connectivity index (χ0) is 21.3. The van der Waals surface area contributed by atoms with E-state index in [1.807, 2.05) is 36.4 Å². The van der Waals surface area contributed by atoms with Crippen LogP contribution in [-0.2, 0) is 27.1 Å². The number of H-pyrrole nitrogens is 1. The number of carbonyl (C=O) groups is 1. The van der Waals surface area contributed by atoms with E-state index in [9.17, 15) is 13.2 Å². The molecule has 7 nitrogen and oxygen atoms in total. The standard InChI is InChI=1S/C22H23N3O4S/c1-30(27,28)29-13-15-10-18-21(19(26)11-15)17(9-14-5-3-2-4-6-14)22(25-18)16-7-8-24-20(23)12-16/h2-8,12,15,25H,9-11,13H2,1H3,(H2,23,24). The molecule has 3 N–H and O–H groups in total. The molecule has 1 aromatic carbocycles. The Labute approximate surface area is 175 Å². The van der Waals surface area contributed by atoms with Crippen molar-refractivity contribution in [3.8, 4) is 11.3 Å². The topological polar surface area (TPSA) is 115 Å². The van der Waals surface area contributed by atoms with Gasteiger partial charge in [-0.25, -0.2) is 4.98 Å². The van der Waals surface area contributed by atoms with E-state index >= 15 is 0 Å². The van der Waals surface area contributed by atoms with Crippen molar-refractivity contribution >= 4 is 21.7 Å². The molecule has 2 aromatic heterocycles. The molecule has 0 spiro atoms. The fourth-order valence-electron chi connectivity index (χ4n) is 3.98. The van der Waals surface area contributed by atoms with Crippen molar-refractivity contribution in [1.82, 2.24) is 9.97 Å². The van der Waals surface area contributed by atoms with Crippen molar-refractivity contribution in [2.75, 3.05) is 18.6 Å². The molecular weight excluding hydrogens is 402 g/mol. The van der Waals surface area contributed by atoms with Gasteiger partial charge in [-0.15, -0.1) is 0 Å². The second-order valence-electron chi connectivity index (χ2n) is 7.65. The molecule has 1 atom stereocenters. The van der Waals surface area contributed by atoms with Crippen LogP contribution in [0, 0.1) is 5.92 Å². The van der Waals surface area contributed by atoms with Crippen LogP contribution in [0.1, 0.15) is 33.6 Å². The van der Waals surface area contributed by atoms with Gasteiger partial charge in [-0.1, -0.05) is 30.3 Å². The normalized spacial score (nSPS) is 16.4. The highest BCUT2D eigenvalue weighted by Crippen LogP contribution is 2.36. The van der Waals surface area contributed by atoms with Crippen molar-refractivity contribution in [2.45, 2.75) is 19.3 Å². The first-order valence-electron chi connectivity index (χ1n) is 9.67. The lowest BCUT2D eigenvalue weighted by Crippen LogP contribution is -2.25. The Balaban J connectivity index is 1.75. The monoisotopic (exact) mass is 425 g/mol. The van der Waals surface area contributed by atoms with Gasteiger partial charge in [0.2, 0.25) is 0 Å². The second kappa shape index (κ2) is 8.04. The third-order valence-electron chi connectivity index (χ3n) is 5.24. The minimum absolute atomic E-state index is 0.00537. The number of fused-ring (bicyclic) bond motifs is 1. The summed E-state index contributed by atoms with van der Waals surface area (Å²) in [6.45, 7) is -0.00537. The predicted octanol–water partition coefficient (Wildman–Crippen LogP) is 2.97. The van der Waals surface area contributed by atoms with Gasteiger partial charge in [-0.2, -0.15) is 8.42 Å². The maximum absolute atomic E-state index is 13.1. The Bertz CT molecular complexity index is 1190. The fourth-order valence-corrected chi connectivity index (χ4v) is 4.42. The highest BCUT2D eigenvalue weighted by atomic mass is 32.2. The van der Waals surface area contributed by atoms with Crippen LogP contribution in [0.3, 0.4) is 0 Å². The SMILES string of the molecule is CS(=O)(=O)OCC1CC(=O)c2c([nH]c(-c3ccnc(N)c3)c2Cc2ccccc2)C1. The quantitative estimate of drug-likeness (QED) is 0.587. The predicted molar refractivity (Wildman–Crippen MR) is 115 cm³/mol. The maximum Gasteiger partial charge on any atom is 0.264 e. The molecular formula is C22H23N3O4S. The summed E-state index contributed by atoms with van der Waals surface area (Å²) < 4.78 is 27.6. The van der Waals surface area contributed by atoms with Crippen molar-refractivity contribution in [2.24, 2.45) is 5.92 Å². The average Bonchev–Trinajstić information content (AvgIpc) is 3.05. The number of Topliss-reactive ketones (excluding diaryl/α,β-unsaturated/α-hetero) is 1. The molecule has 0 bridgehead atoms. The Kier molecular flexibility index (Phi) is 5.44. The van der Waals surface area contributed by atoms with Crippen molar-refractivity contribution in [3.63, 3.8) is 0 Å². The van der Waals surface area contributed by atoms with Crippen molar-refractivity contribution < 1.29 is 17.4 Å². The van der Waals surface area contributed by atoms with Gasteiger partial charge in [0.25, 0.3) is 10.1 Å². The molecule has 1 unspecified atom stereocenters. The second-order valence-corrected chi connectivity index (χ2v) is 9.29. The van der Waals surface area contributed by atoms with Gasteiger partial charge in [-0.05, 0) is 35.6 Å². The highest BCUT2D eigenvalue weighted by molar-refractivity contribution is 7.85. The lowest BCUT2D eigenvalue weighted by molar-refractivity contribution is 0.0926. The van der Waals surface area contributed by atoms with Crippen LogP contribution in [0.25, 0.3) is 11.3 Å². The molecule has 0 fully saturated rings. The molecule has 8 heteroatoms. The van der Waals surface area contributed by atoms with Crippen LogP contribution >= 0.6 is 0 Å². The van der Waals surface area contributed by atoms with Gasteiger partial charge >= 0.3 is 0 Å². The Morgan fingerprint density at radius 1 is 1.20 bits per heavy atom.